The lowest BCUT2D eigenvalue weighted by atomic mass is 10.1. The Hall–Kier alpha value is -1.80. The maximum atomic E-state index is 12.3. The molecule has 2 rings (SSSR count). The summed E-state index contributed by atoms with van der Waals surface area (Å²) in [5.74, 6) is -0.172. The van der Waals surface area contributed by atoms with E-state index >= 15 is 0 Å². The van der Waals surface area contributed by atoms with Gasteiger partial charge in [0, 0.05) is 32.2 Å². The highest BCUT2D eigenvalue weighted by molar-refractivity contribution is 7.80. The third-order valence-corrected chi connectivity index (χ3v) is 3.93. The summed E-state index contributed by atoms with van der Waals surface area (Å²) >= 11 is 5.08. The Balaban J connectivity index is 1.97. The highest BCUT2D eigenvalue weighted by Crippen LogP contribution is 2.11. The van der Waals surface area contributed by atoms with Crippen LogP contribution in [0.15, 0.2) is 16.9 Å². The van der Waals surface area contributed by atoms with Gasteiger partial charge < -0.3 is 10.6 Å². The molecule has 0 aromatic carbocycles. The van der Waals surface area contributed by atoms with Gasteiger partial charge in [-0.1, -0.05) is 19.1 Å². The number of hydrogen-bond acceptors (Lipinski definition) is 5. The van der Waals surface area contributed by atoms with E-state index in [4.69, 9.17) is 18.0 Å². The van der Waals surface area contributed by atoms with Crippen molar-refractivity contribution < 1.29 is 4.79 Å². The van der Waals surface area contributed by atoms with Crippen LogP contribution in [0.3, 0.4) is 0 Å². The Morgan fingerprint density at radius 3 is 2.57 bits per heavy atom. The first kappa shape index (κ1) is 15.6. The second-order valence-corrected chi connectivity index (χ2v) is 5.43. The molecule has 1 saturated heterocycles. The molecule has 8 heteroatoms. The van der Waals surface area contributed by atoms with Crippen LogP contribution in [0.4, 0.5) is 0 Å². The fourth-order valence-electron chi connectivity index (χ4n) is 2.50. The highest BCUT2D eigenvalue weighted by atomic mass is 32.1. The van der Waals surface area contributed by atoms with Gasteiger partial charge in [-0.2, -0.15) is 5.10 Å². The molecule has 1 aliphatic heterocycles. The van der Waals surface area contributed by atoms with E-state index in [-0.39, 0.29) is 23.2 Å². The number of aromatic nitrogens is 2. The Labute approximate surface area is 128 Å². The van der Waals surface area contributed by atoms with Crippen LogP contribution < -0.4 is 11.3 Å². The molecule has 21 heavy (non-hydrogen) atoms. The van der Waals surface area contributed by atoms with E-state index in [1.807, 2.05) is 6.92 Å². The van der Waals surface area contributed by atoms with Crippen LogP contribution in [0, 0.1) is 0 Å². The number of nitrogens with two attached hydrogens (primary N) is 1. The number of hydrogen-bond donors (Lipinski definition) is 2. The van der Waals surface area contributed by atoms with Crippen LogP contribution in [0.1, 0.15) is 23.8 Å². The number of carbonyl (C=O) groups is 1. The third-order valence-electron chi connectivity index (χ3n) is 3.66. The number of aromatic amines is 1. The van der Waals surface area contributed by atoms with Gasteiger partial charge in [0.05, 0.1) is 11.0 Å². The summed E-state index contributed by atoms with van der Waals surface area (Å²) in [6.07, 6.45) is 0.866. The van der Waals surface area contributed by atoms with Gasteiger partial charge >= 0.3 is 0 Å². The van der Waals surface area contributed by atoms with E-state index in [1.165, 1.54) is 12.1 Å². The van der Waals surface area contributed by atoms with Gasteiger partial charge in [-0.25, -0.2) is 5.10 Å². The molecule has 0 radical (unpaired) electrons. The molecule has 3 N–H and O–H groups in total. The van der Waals surface area contributed by atoms with E-state index in [1.54, 1.807) is 4.90 Å². The molecule has 0 aliphatic carbocycles. The van der Waals surface area contributed by atoms with Gasteiger partial charge in [0.25, 0.3) is 11.5 Å². The zero-order valence-electron chi connectivity index (χ0n) is 11.9. The zero-order valence-corrected chi connectivity index (χ0v) is 12.7. The largest absolute Gasteiger partial charge is 0.392 e. The standard InChI is InChI=1S/C13H19N5O2S/c1-2-10(12(14)21)17-5-7-18(8-6-17)13(20)9-3-4-11(19)16-15-9/h3-4,10H,2,5-8H2,1H3,(H2,14,21)(H,16,19). The van der Waals surface area contributed by atoms with Crippen LogP contribution in [-0.4, -0.2) is 63.1 Å². The monoisotopic (exact) mass is 309 g/mol. The number of thiocarbonyl (C=S) groups is 1. The second kappa shape index (κ2) is 6.77. The van der Waals surface area contributed by atoms with E-state index < -0.39 is 0 Å². The van der Waals surface area contributed by atoms with Crippen molar-refractivity contribution in [2.45, 2.75) is 19.4 Å². The first-order valence-corrected chi connectivity index (χ1v) is 7.32. The molecule has 0 spiro atoms. The van der Waals surface area contributed by atoms with Crippen molar-refractivity contribution in [1.29, 1.82) is 0 Å². The zero-order chi connectivity index (χ0) is 15.4. The minimum absolute atomic E-state index is 0.0865. The van der Waals surface area contributed by atoms with Crippen molar-refractivity contribution in [2.24, 2.45) is 5.73 Å². The van der Waals surface area contributed by atoms with Crippen LogP contribution in [0.5, 0.6) is 0 Å². The fraction of sp³-hybridized carbons (Fsp3) is 0.538. The molecule has 2 heterocycles. The first-order chi connectivity index (χ1) is 10.0. The Bertz CT molecular complexity index is 560. The maximum Gasteiger partial charge on any atom is 0.274 e. The molecular formula is C13H19N5O2S. The average molecular weight is 309 g/mol. The molecule has 1 unspecified atom stereocenters. The quantitative estimate of drug-likeness (QED) is 0.734. The SMILES string of the molecule is CCC(C(N)=S)N1CCN(C(=O)c2ccc(=O)[nH]n2)CC1. The summed E-state index contributed by atoms with van der Waals surface area (Å²) in [5.41, 5.74) is 5.68. The Morgan fingerprint density at radius 1 is 1.43 bits per heavy atom. The molecular weight excluding hydrogens is 290 g/mol. The lowest BCUT2D eigenvalue weighted by molar-refractivity contribution is 0.0605. The van der Waals surface area contributed by atoms with Gasteiger partial charge in [-0.15, -0.1) is 0 Å². The number of piperazine rings is 1. The predicted molar refractivity (Wildman–Crippen MR) is 83.2 cm³/mol. The Morgan fingerprint density at radius 2 is 2.10 bits per heavy atom. The number of nitrogens with zero attached hydrogens (tertiary/aromatic N) is 3. The van der Waals surface area contributed by atoms with E-state index in [0.717, 1.165) is 19.5 Å². The van der Waals surface area contributed by atoms with Gasteiger partial charge in [0.2, 0.25) is 0 Å². The number of nitrogens with one attached hydrogen (secondary N) is 1. The lowest BCUT2D eigenvalue weighted by Gasteiger charge is -2.38. The van der Waals surface area contributed by atoms with Crippen LogP contribution >= 0.6 is 12.2 Å². The Kier molecular flexibility index (Phi) is 5.03. The molecule has 0 bridgehead atoms. The predicted octanol–water partition coefficient (Wildman–Crippen LogP) is -0.408. The van der Waals surface area contributed by atoms with Gasteiger partial charge in [0.15, 0.2) is 0 Å². The minimum Gasteiger partial charge on any atom is -0.392 e. The molecule has 1 atom stereocenters. The number of H-pyrrole nitrogens is 1. The second-order valence-electron chi connectivity index (χ2n) is 4.96. The average Bonchev–Trinajstić information content (AvgIpc) is 2.48. The van der Waals surface area contributed by atoms with Crippen molar-refractivity contribution in [3.05, 3.63) is 28.2 Å². The van der Waals surface area contributed by atoms with Crippen molar-refractivity contribution >= 4 is 23.1 Å². The van der Waals surface area contributed by atoms with Crippen molar-refractivity contribution in [3.8, 4) is 0 Å². The molecule has 0 saturated carbocycles. The van der Waals surface area contributed by atoms with Gasteiger partial charge in [-0.05, 0) is 12.5 Å². The highest BCUT2D eigenvalue weighted by Gasteiger charge is 2.27. The third kappa shape index (κ3) is 3.64. The van der Waals surface area contributed by atoms with Crippen molar-refractivity contribution in [1.82, 2.24) is 20.0 Å². The molecule has 1 aromatic rings. The summed E-state index contributed by atoms with van der Waals surface area (Å²) in [6, 6.07) is 2.83. The smallest absolute Gasteiger partial charge is 0.274 e. The molecule has 7 nitrogen and oxygen atoms in total. The fourth-order valence-corrected chi connectivity index (χ4v) is 2.82. The van der Waals surface area contributed by atoms with E-state index in [2.05, 4.69) is 15.1 Å². The van der Waals surface area contributed by atoms with Gasteiger partial charge in [-0.3, -0.25) is 14.5 Å². The van der Waals surface area contributed by atoms with Crippen LogP contribution in [0.25, 0.3) is 0 Å². The molecule has 1 aromatic heterocycles. The summed E-state index contributed by atoms with van der Waals surface area (Å²) in [6.45, 7) is 4.69. The molecule has 1 fully saturated rings. The normalized spacial score (nSPS) is 17.5. The van der Waals surface area contributed by atoms with Crippen LogP contribution in [0.2, 0.25) is 0 Å². The van der Waals surface area contributed by atoms with E-state index in [9.17, 15) is 9.59 Å². The minimum atomic E-state index is -0.321. The molecule has 114 valence electrons. The maximum absolute atomic E-state index is 12.3. The summed E-state index contributed by atoms with van der Waals surface area (Å²) < 4.78 is 0. The number of rotatable bonds is 4. The summed E-state index contributed by atoms with van der Waals surface area (Å²) in [4.78, 5) is 27.7. The van der Waals surface area contributed by atoms with Crippen molar-refractivity contribution in [2.75, 3.05) is 26.2 Å². The van der Waals surface area contributed by atoms with Crippen molar-refractivity contribution in [3.63, 3.8) is 0 Å². The summed E-state index contributed by atoms with van der Waals surface area (Å²) in [5, 5.41) is 6.04. The summed E-state index contributed by atoms with van der Waals surface area (Å²) in [7, 11) is 0. The molecule has 1 amide bonds. The number of amides is 1. The van der Waals surface area contributed by atoms with Gasteiger partial charge in [0.1, 0.15) is 5.69 Å². The lowest BCUT2D eigenvalue weighted by Crippen LogP contribution is -2.54. The number of carbonyl (C=O) groups excluding carboxylic acids is 1. The molecule has 1 aliphatic rings. The topological polar surface area (TPSA) is 95.3 Å². The van der Waals surface area contributed by atoms with Crippen LogP contribution in [-0.2, 0) is 0 Å². The first-order valence-electron chi connectivity index (χ1n) is 6.91. The van der Waals surface area contributed by atoms with E-state index in [0.29, 0.717) is 18.1 Å².